The molecule has 0 radical (unpaired) electrons. The Labute approximate surface area is 124 Å². The number of rotatable bonds is 6. The summed E-state index contributed by atoms with van der Waals surface area (Å²) in [4.78, 5) is 0. The fourth-order valence-corrected chi connectivity index (χ4v) is 4.01. The summed E-state index contributed by atoms with van der Waals surface area (Å²) in [6.07, 6.45) is 2.34. The summed E-state index contributed by atoms with van der Waals surface area (Å²) in [5, 5.41) is 10.3. The largest absolute Gasteiger partial charge is 0.310 e. The van der Waals surface area contributed by atoms with E-state index in [1.165, 1.54) is 20.4 Å². The van der Waals surface area contributed by atoms with Gasteiger partial charge in [-0.2, -0.15) is 11.3 Å². The number of nitrogens with one attached hydrogen (secondary N) is 1. The molecule has 1 nitrogen and oxygen atoms in total. The molecule has 0 bridgehead atoms. The normalized spacial score (nSPS) is 12.8. The maximum Gasteiger partial charge on any atom is 0.0656 e. The van der Waals surface area contributed by atoms with Crippen LogP contribution in [0.4, 0.5) is 0 Å². The number of thiophene rings is 2. The fraction of sp³-hybridized carbons (Fsp3) is 0.385. The standard InChI is InChI=1S/C13H16INS2/c1-2-15-12(11-7-13(14)17-9-11)4-3-10-5-6-16-8-10/h5-9,12,15H,2-4H2,1H3. The molecule has 4 heteroatoms. The Morgan fingerprint density at radius 3 is 2.88 bits per heavy atom. The van der Waals surface area contributed by atoms with Crippen LogP contribution >= 0.6 is 45.3 Å². The molecule has 1 unspecified atom stereocenters. The van der Waals surface area contributed by atoms with E-state index in [9.17, 15) is 0 Å². The Morgan fingerprint density at radius 1 is 1.41 bits per heavy atom. The molecule has 0 saturated heterocycles. The van der Waals surface area contributed by atoms with Crippen LogP contribution < -0.4 is 5.32 Å². The average Bonchev–Trinajstić information content (AvgIpc) is 2.95. The fourth-order valence-electron chi connectivity index (χ4n) is 1.89. The van der Waals surface area contributed by atoms with Gasteiger partial charge in [-0.3, -0.25) is 0 Å². The lowest BCUT2D eigenvalue weighted by Crippen LogP contribution is -2.20. The van der Waals surface area contributed by atoms with Gasteiger partial charge in [-0.15, -0.1) is 11.3 Å². The Balaban J connectivity index is 1.97. The van der Waals surface area contributed by atoms with E-state index in [-0.39, 0.29) is 0 Å². The van der Waals surface area contributed by atoms with E-state index in [0.717, 1.165) is 13.0 Å². The van der Waals surface area contributed by atoms with Gasteiger partial charge in [0.25, 0.3) is 0 Å². The molecule has 92 valence electrons. The molecule has 2 rings (SSSR count). The molecule has 0 fully saturated rings. The maximum atomic E-state index is 3.58. The number of hydrogen-bond acceptors (Lipinski definition) is 3. The van der Waals surface area contributed by atoms with Crippen molar-refractivity contribution in [1.82, 2.24) is 5.32 Å². The van der Waals surface area contributed by atoms with Crippen LogP contribution in [0, 0.1) is 2.88 Å². The van der Waals surface area contributed by atoms with Gasteiger partial charge in [0, 0.05) is 6.04 Å². The molecule has 2 aromatic rings. The van der Waals surface area contributed by atoms with Crippen molar-refractivity contribution >= 4 is 45.3 Å². The lowest BCUT2D eigenvalue weighted by atomic mass is 10.0. The van der Waals surface area contributed by atoms with Gasteiger partial charge in [-0.05, 0) is 81.4 Å². The van der Waals surface area contributed by atoms with Gasteiger partial charge in [0.2, 0.25) is 0 Å². The van der Waals surface area contributed by atoms with Crippen LogP contribution in [0.5, 0.6) is 0 Å². The van der Waals surface area contributed by atoms with E-state index in [1.54, 1.807) is 11.3 Å². The minimum absolute atomic E-state index is 0.500. The molecule has 1 atom stereocenters. The third kappa shape index (κ3) is 4.05. The summed E-state index contributed by atoms with van der Waals surface area (Å²) < 4.78 is 1.37. The summed E-state index contributed by atoms with van der Waals surface area (Å²) in [5.74, 6) is 0. The van der Waals surface area contributed by atoms with Crippen molar-refractivity contribution in [2.45, 2.75) is 25.8 Å². The second kappa shape index (κ2) is 6.87. The van der Waals surface area contributed by atoms with Crippen LogP contribution in [0.25, 0.3) is 0 Å². The third-order valence-electron chi connectivity index (χ3n) is 2.74. The quantitative estimate of drug-likeness (QED) is 0.720. The molecule has 2 heterocycles. The number of halogens is 1. The summed E-state index contributed by atoms with van der Waals surface area (Å²) in [7, 11) is 0. The molecule has 0 aromatic carbocycles. The summed E-state index contributed by atoms with van der Waals surface area (Å²) >= 11 is 6.01. The summed E-state index contributed by atoms with van der Waals surface area (Å²) in [6, 6.07) is 5.02. The van der Waals surface area contributed by atoms with E-state index in [4.69, 9.17) is 0 Å². The average molecular weight is 377 g/mol. The van der Waals surface area contributed by atoms with Gasteiger partial charge < -0.3 is 5.32 Å². The lowest BCUT2D eigenvalue weighted by Gasteiger charge is -2.16. The van der Waals surface area contributed by atoms with Crippen LogP contribution in [0.2, 0.25) is 0 Å². The SMILES string of the molecule is CCNC(CCc1ccsc1)c1csc(I)c1. The maximum absolute atomic E-state index is 3.58. The minimum Gasteiger partial charge on any atom is -0.310 e. The van der Waals surface area contributed by atoms with E-state index < -0.39 is 0 Å². The molecular formula is C13H16INS2. The zero-order chi connectivity index (χ0) is 12.1. The highest BCUT2D eigenvalue weighted by atomic mass is 127. The Morgan fingerprint density at radius 2 is 2.29 bits per heavy atom. The molecule has 0 spiro atoms. The van der Waals surface area contributed by atoms with Crippen molar-refractivity contribution in [3.05, 3.63) is 42.3 Å². The van der Waals surface area contributed by atoms with Crippen LogP contribution in [0.3, 0.4) is 0 Å². The minimum atomic E-state index is 0.500. The smallest absolute Gasteiger partial charge is 0.0656 e. The van der Waals surface area contributed by atoms with Crippen molar-refractivity contribution in [1.29, 1.82) is 0 Å². The van der Waals surface area contributed by atoms with Crippen molar-refractivity contribution < 1.29 is 0 Å². The Kier molecular flexibility index (Phi) is 5.47. The summed E-state index contributed by atoms with van der Waals surface area (Å²) in [5.41, 5.74) is 2.90. The zero-order valence-corrected chi connectivity index (χ0v) is 13.6. The van der Waals surface area contributed by atoms with Gasteiger partial charge in [-0.1, -0.05) is 6.92 Å². The molecule has 0 amide bonds. The molecule has 0 saturated carbocycles. The Bertz CT molecular complexity index is 436. The predicted octanol–water partition coefficient (Wildman–Crippen LogP) is 4.70. The molecule has 2 aromatic heterocycles. The van der Waals surface area contributed by atoms with Crippen LogP contribution in [-0.2, 0) is 6.42 Å². The highest BCUT2D eigenvalue weighted by Gasteiger charge is 2.12. The second-order valence-electron chi connectivity index (χ2n) is 3.96. The molecule has 0 aliphatic carbocycles. The van der Waals surface area contributed by atoms with Gasteiger partial charge in [0.15, 0.2) is 0 Å². The van der Waals surface area contributed by atoms with Gasteiger partial charge >= 0.3 is 0 Å². The van der Waals surface area contributed by atoms with Crippen molar-refractivity contribution in [3.63, 3.8) is 0 Å². The van der Waals surface area contributed by atoms with E-state index in [0.29, 0.717) is 6.04 Å². The highest BCUT2D eigenvalue weighted by molar-refractivity contribution is 14.1. The van der Waals surface area contributed by atoms with Crippen molar-refractivity contribution in [2.24, 2.45) is 0 Å². The molecule has 17 heavy (non-hydrogen) atoms. The number of aryl methyl sites for hydroxylation is 1. The monoisotopic (exact) mass is 377 g/mol. The zero-order valence-electron chi connectivity index (χ0n) is 9.78. The molecular weight excluding hydrogens is 361 g/mol. The first kappa shape index (κ1) is 13.5. The van der Waals surface area contributed by atoms with Crippen LogP contribution in [0.15, 0.2) is 28.3 Å². The number of hydrogen-bond donors (Lipinski definition) is 1. The molecule has 1 N–H and O–H groups in total. The summed E-state index contributed by atoms with van der Waals surface area (Å²) in [6.45, 7) is 3.20. The van der Waals surface area contributed by atoms with E-state index >= 15 is 0 Å². The van der Waals surface area contributed by atoms with Crippen molar-refractivity contribution in [3.8, 4) is 0 Å². The van der Waals surface area contributed by atoms with E-state index in [2.05, 4.69) is 63.1 Å². The highest BCUT2D eigenvalue weighted by Crippen LogP contribution is 2.25. The van der Waals surface area contributed by atoms with Crippen LogP contribution in [-0.4, -0.2) is 6.54 Å². The lowest BCUT2D eigenvalue weighted by molar-refractivity contribution is 0.517. The molecule has 0 aliphatic rings. The predicted molar refractivity (Wildman–Crippen MR) is 86.1 cm³/mol. The third-order valence-corrected chi connectivity index (χ3v) is 5.28. The van der Waals surface area contributed by atoms with Crippen molar-refractivity contribution in [2.75, 3.05) is 6.54 Å². The first-order chi connectivity index (χ1) is 8.29. The molecule has 0 aliphatic heterocycles. The topological polar surface area (TPSA) is 12.0 Å². The first-order valence-corrected chi connectivity index (χ1v) is 8.68. The van der Waals surface area contributed by atoms with Gasteiger partial charge in [-0.25, -0.2) is 0 Å². The Hall–Kier alpha value is 0.0900. The van der Waals surface area contributed by atoms with Crippen LogP contribution in [0.1, 0.15) is 30.5 Å². The van der Waals surface area contributed by atoms with Gasteiger partial charge in [0.05, 0.1) is 2.88 Å². The first-order valence-electron chi connectivity index (χ1n) is 5.78. The van der Waals surface area contributed by atoms with E-state index in [1.807, 2.05) is 11.3 Å². The van der Waals surface area contributed by atoms with Gasteiger partial charge in [0.1, 0.15) is 0 Å². The second-order valence-corrected chi connectivity index (χ2v) is 7.55.